The maximum atomic E-state index is 13.8. The third-order valence-electron chi connectivity index (χ3n) is 3.63. The van der Waals surface area contributed by atoms with Crippen molar-refractivity contribution in [1.29, 1.82) is 0 Å². The monoisotopic (exact) mass is 347 g/mol. The number of rotatable bonds is 3. The minimum Gasteiger partial charge on any atom is -0.388 e. The summed E-state index contributed by atoms with van der Waals surface area (Å²) < 4.78 is 27.7. The second-order valence-corrected chi connectivity index (χ2v) is 6.25. The van der Waals surface area contributed by atoms with E-state index in [0.29, 0.717) is 12.8 Å². The van der Waals surface area contributed by atoms with E-state index in [4.69, 9.17) is 0 Å². The van der Waals surface area contributed by atoms with Crippen molar-refractivity contribution in [3.8, 4) is 0 Å². The van der Waals surface area contributed by atoms with Gasteiger partial charge in [0, 0.05) is 18.1 Å². The third kappa shape index (κ3) is 3.17. The summed E-state index contributed by atoms with van der Waals surface area (Å²) in [6, 6.07) is 2.10. The van der Waals surface area contributed by atoms with Crippen LogP contribution in [0.25, 0.3) is 0 Å². The SMILES string of the molecule is CN(CC1(O)CCCC1)C(=O)c1c(F)cc(Br)cc1F. The van der Waals surface area contributed by atoms with Crippen molar-refractivity contribution in [2.24, 2.45) is 0 Å². The molecular weight excluding hydrogens is 332 g/mol. The number of halogens is 3. The van der Waals surface area contributed by atoms with Crippen molar-refractivity contribution in [3.05, 3.63) is 33.8 Å². The zero-order chi connectivity index (χ0) is 14.9. The van der Waals surface area contributed by atoms with Gasteiger partial charge in [-0.3, -0.25) is 4.79 Å². The molecule has 1 saturated carbocycles. The van der Waals surface area contributed by atoms with Crippen molar-refractivity contribution in [2.75, 3.05) is 13.6 Å². The molecule has 0 atom stereocenters. The van der Waals surface area contributed by atoms with Crippen LogP contribution in [0.5, 0.6) is 0 Å². The molecule has 0 saturated heterocycles. The largest absolute Gasteiger partial charge is 0.388 e. The first-order valence-electron chi connectivity index (χ1n) is 6.45. The van der Waals surface area contributed by atoms with Crippen molar-refractivity contribution in [1.82, 2.24) is 4.90 Å². The molecule has 0 bridgehead atoms. The zero-order valence-corrected chi connectivity index (χ0v) is 12.7. The fraction of sp³-hybridized carbons (Fsp3) is 0.500. The Morgan fingerprint density at radius 1 is 1.35 bits per heavy atom. The van der Waals surface area contributed by atoms with E-state index in [1.807, 2.05) is 0 Å². The lowest BCUT2D eigenvalue weighted by Gasteiger charge is -2.28. The molecule has 20 heavy (non-hydrogen) atoms. The van der Waals surface area contributed by atoms with Crippen LogP contribution in [-0.2, 0) is 0 Å². The molecule has 0 aromatic heterocycles. The van der Waals surface area contributed by atoms with Crippen LogP contribution >= 0.6 is 15.9 Å². The van der Waals surface area contributed by atoms with Gasteiger partial charge in [-0.2, -0.15) is 0 Å². The van der Waals surface area contributed by atoms with Crippen molar-refractivity contribution in [2.45, 2.75) is 31.3 Å². The van der Waals surface area contributed by atoms with Crippen LogP contribution in [0.1, 0.15) is 36.0 Å². The highest BCUT2D eigenvalue weighted by atomic mass is 79.9. The lowest BCUT2D eigenvalue weighted by molar-refractivity contribution is 0.0153. The lowest BCUT2D eigenvalue weighted by atomic mass is 10.0. The molecule has 0 spiro atoms. The standard InChI is InChI=1S/C14H16BrF2NO2/c1-18(8-14(20)4-2-3-5-14)13(19)12-10(16)6-9(15)7-11(12)17/h6-7,20H,2-5,8H2,1H3. The van der Waals surface area contributed by atoms with Crippen LogP contribution in [0.4, 0.5) is 8.78 Å². The van der Waals surface area contributed by atoms with E-state index in [2.05, 4.69) is 15.9 Å². The number of aliphatic hydroxyl groups is 1. The van der Waals surface area contributed by atoms with Gasteiger partial charge in [0.25, 0.3) is 5.91 Å². The predicted octanol–water partition coefficient (Wildman–Crippen LogP) is 3.10. The number of carbonyl (C=O) groups is 1. The van der Waals surface area contributed by atoms with Gasteiger partial charge in [0.1, 0.15) is 17.2 Å². The minimum atomic E-state index is -0.938. The number of hydrogen-bond donors (Lipinski definition) is 1. The molecule has 0 heterocycles. The fourth-order valence-corrected chi connectivity index (χ4v) is 3.04. The van der Waals surface area contributed by atoms with Gasteiger partial charge in [0.05, 0.1) is 5.60 Å². The molecule has 0 aliphatic heterocycles. The maximum Gasteiger partial charge on any atom is 0.259 e. The van der Waals surface area contributed by atoms with Crippen LogP contribution in [0, 0.1) is 11.6 Å². The van der Waals surface area contributed by atoms with E-state index in [-0.39, 0.29) is 11.0 Å². The average Bonchev–Trinajstić information content (AvgIpc) is 2.74. The Balaban J connectivity index is 2.19. The summed E-state index contributed by atoms with van der Waals surface area (Å²) in [6.07, 6.45) is 3.02. The second-order valence-electron chi connectivity index (χ2n) is 5.34. The molecule has 1 N–H and O–H groups in total. The van der Waals surface area contributed by atoms with E-state index in [1.165, 1.54) is 11.9 Å². The number of benzene rings is 1. The van der Waals surface area contributed by atoms with Gasteiger partial charge in [-0.15, -0.1) is 0 Å². The lowest BCUT2D eigenvalue weighted by Crippen LogP contribution is -2.42. The van der Waals surface area contributed by atoms with Gasteiger partial charge in [0.15, 0.2) is 0 Å². The van der Waals surface area contributed by atoms with E-state index in [0.717, 1.165) is 25.0 Å². The molecule has 2 rings (SSSR count). The first-order chi connectivity index (χ1) is 9.32. The normalized spacial score (nSPS) is 17.2. The number of hydrogen-bond acceptors (Lipinski definition) is 2. The van der Waals surface area contributed by atoms with Crippen LogP contribution in [0.3, 0.4) is 0 Å². The molecule has 1 aromatic rings. The number of carbonyl (C=O) groups excluding carboxylic acids is 1. The summed E-state index contributed by atoms with van der Waals surface area (Å²) in [7, 11) is 1.44. The molecule has 1 aliphatic rings. The number of nitrogens with zero attached hydrogens (tertiary/aromatic N) is 1. The molecule has 0 radical (unpaired) electrons. The summed E-state index contributed by atoms with van der Waals surface area (Å²) in [5.41, 5.74) is -1.52. The van der Waals surface area contributed by atoms with E-state index in [1.54, 1.807) is 0 Å². The minimum absolute atomic E-state index is 0.0841. The first kappa shape index (κ1) is 15.4. The molecule has 1 fully saturated rings. The Hall–Kier alpha value is -1.01. The van der Waals surface area contributed by atoms with Crippen LogP contribution in [0.15, 0.2) is 16.6 Å². The topological polar surface area (TPSA) is 40.5 Å². The quantitative estimate of drug-likeness (QED) is 0.912. The summed E-state index contributed by atoms with van der Waals surface area (Å²) in [4.78, 5) is 13.3. The van der Waals surface area contributed by atoms with Gasteiger partial charge >= 0.3 is 0 Å². The van der Waals surface area contributed by atoms with Gasteiger partial charge in [0.2, 0.25) is 0 Å². The Labute approximate surface area is 124 Å². The smallest absolute Gasteiger partial charge is 0.259 e. The van der Waals surface area contributed by atoms with E-state index >= 15 is 0 Å². The molecule has 1 aliphatic carbocycles. The fourth-order valence-electron chi connectivity index (χ4n) is 2.64. The molecule has 3 nitrogen and oxygen atoms in total. The van der Waals surface area contributed by atoms with Gasteiger partial charge in [-0.1, -0.05) is 28.8 Å². The first-order valence-corrected chi connectivity index (χ1v) is 7.24. The number of amides is 1. The predicted molar refractivity (Wildman–Crippen MR) is 74.4 cm³/mol. The summed E-state index contributed by atoms with van der Waals surface area (Å²) in [6.45, 7) is 0.0841. The van der Waals surface area contributed by atoms with Gasteiger partial charge < -0.3 is 10.0 Å². The highest BCUT2D eigenvalue weighted by Crippen LogP contribution is 2.30. The Morgan fingerprint density at radius 3 is 2.35 bits per heavy atom. The Bertz CT molecular complexity index is 507. The Kier molecular flexibility index (Phi) is 4.44. The molecule has 1 amide bonds. The van der Waals surface area contributed by atoms with E-state index < -0.39 is 28.7 Å². The highest BCUT2D eigenvalue weighted by molar-refractivity contribution is 9.10. The Morgan fingerprint density at radius 2 is 1.85 bits per heavy atom. The third-order valence-corrected chi connectivity index (χ3v) is 4.09. The summed E-state index contributed by atoms with van der Waals surface area (Å²) in [5.74, 6) is -2.58. The van der Waals surface area contributed by atoms with Crippen LogP contribution in [-0.4, -0.2) is 35.1 Å². The molecule has 1 aromatic carbocycles. The highest BCUT2D eigenvalue weighted by Gasteiger charge is 2.34. The summed E-state index contributed by atoms with van der Waals surface area (Å²) >= 11 is 2.97. The average molecular weight is 348 g/mol. The van der Waals surface area contributed by atoms with Crippen LogP contribution < -0.4 is 0 Å². The molecular formula is C14H16BrF2NO2. The van der Waals surface area contributed by atoms with E-state index in [9.17, 15) is 18.7 Å². The molecule has 6 heteroatoms. The van der Waals surface area contributed by atoms with Crippen molar-refractivity contribution >= 4 is 21.8 Å². The van der Waals surface area contributed by atoms with Gasteiger partial charge in [-0.25, -0.2) is 8.78 Å². The molecule has 110 valence electrons. The number of likely N-dealkylation sites (N-methyl/N-ethyl adjacent to an activating group) is 1. The van der Waals surface area contributed by atoms with Gasteiger partial charge in [-0.05, 0) is 25.0 Å². The second kappa shape index (κ2) is 5.77. The van der Waals surface area contributed by atoms with Crippen molar-refractivity contribution in [3.63, 3.8) is 0 Å². The van der Waals surface area contributed by atoms with Crippen LogP contribution in [0.2, 0.25) is 0 Å². The summed E-state index contributed by atoms with van der Waals surface area (Å²) in [5, 5.41) is 10.3. The zero-order valence-electron chi connectivity index (χ0n) is 11.1. The maximum absolute atomic E-state index is 13.8. The van der Waals surface area contributed by atoms with Crippen molar-refractivity contribution < 1.29 is 18.7 Å². The molecule has 0 unspecified atom stereocenters.